The number of fused-ring (bicyclic) bond motifs is 6. The summed E-state index contributed by atoms with van der Waals surface area (Å²) in [5, 5.41) is 4.86. The van der Waals surface area contributed by atoms with Crippen molar-refractivity contribution in [1.29, 1.82) is 0 Å². The van der Waals surface area contributed by atoms with Crippen molar-refractivity contribution in [3.8, 4) is 78.9 Å². The Labute approximate surface area is 393 Å². The maximum atomic E-state index is 5.05. The van der Waals surface area contributed by atoms with Gasteiger partial charge in [0, 0.05) is 49.5 Å². The minimum absolute atomic E-state index is 0.632. The second-order valence-electron chi connectivity index (χ2n) is 17.2. The number of hydrogen-bond donors (Lipinski definition) is 0. The molecule has 5 heteroatoms. The largest absolute Gasteiger partial charge is 0.309 e. The summed E-state index contributed by atoms with van der Waals surface area (Å²) in [5.41, 5.74) is 16.8. The standard InChI is InChI=1S/C63H41N5/c1-4-18-43(19-5-1)50-26-10-13-30-55(50)68-56-31-14-11-27-52(56)54-41-46(36-39-58(54)68)42-34-37-49(38-35-42)67-57-32-15-12-28-53(57)60-51(29-17-33-59(60)67)47-24-16-25-48(40-47)63-65-61(44-20-6-2-7-21-44)64-62(66-63)45-22-8-3-9-23-45/h1-41H. The lowest BCUT2D eigenvalue weighted by Crippen LogP contribution is -2.00. The van der Waals surface area contributed by atoms with Gasteiger partial charge in [0.2, 0.25) is 0 Å². The van der Waals surface area contributed by atoms with Gasteiger partial charge in [-0.05, 0) is 82.4 Å². The molecule has 10 aromatic carbocycles. The lowest BCUT2D eigenvalue weighted by Gasteiger charge is -2.14. The van der Waals surface area contributed by atoms with Crippen LogP contribution in [0, 0.1) is 0 Å². The molecule has 0 atom stereocenters. The monoisotopic (exact) mass is 867 g/mol. The molecule has 0 unspecified atom stereocenters. The first-order valence-corrected chi connectivity index (χ1v) is 23.0. The Morgan fingerprint density at radius 3 is 1.44 bits per heavy atom. The average molecular weight is 868 g/mol. The van der Waals surface area contributed by atoms with Crippen molar-refractivity contribution in [2.75, 3.05) is 0 Å². The van der Waals surface area contributed by atoms with Crippen LogP contribution in [0.1, 0.15) is 0 Å². The van der Waals surface area contributed by atoms with E-state index in [1.807, 2.05) is 60.7 Å². The molecule has 0 bridgehead atoms. The van der Waals surface area contributed by atoms with Crippen molar-refractivity contribution >= 4 is 43.6 Å². The van der Waals surface area contributed by atoms with Crippen LogP contribution in [-0.2, 0) is 0 Å². The molecule has 0 amide bonds. The van der Waals surface area contributed by atoms with E-state index in [0.717, 1.165) is 44.5 Å². The number of para-hydroxylation sites is 3. The Balaban J connectivity index is 0.892. The van der Waals surface area contributed by atoms with Crippen molar-refractivity contribution < 1.29 is 0 Å². The summed E-state index contributed by atoms with van der Waals surface area (Å²) >= 11 is 0. The Kier molecular flexibility index (Phi) is 9.43. The predicted molar refractivity (Wildman–Crippen MR) is 281 cm³/mol. The Hall–Kier alpha value is -9.19. The van der Waals surface area contributed by atoms with Gasteiger partial charge in [0.15, 0.2) is 17.5 Å². The maximum Gasteiger partial charge on any atom is 0.164 e. The first-order chi connectivity index (χ1) is 33.7. The zero-order chi connectivity index (χ0) is 45.0. The third-order valence-corrected chi connectivity index (χ3v) is 13.2. The third-order valence-electron chi connectivity index (χ3n) is 13.2. The highest BCUT2D eigenvalue weighted by Crippen LogP contribution is 2.41. The molecule has 0 saturated carbocycles. The fourth-order valence-electron chi connectivity index (χ4n) is 10.0. The van der Waals surface area contributed by atoms with Crippen LogP contribution in [0.2, 0.25) is 0 Å². The van der Waals surface area contributed by atoms with Gasteiger partial charge in [0.1, 0.15) is 0 Å². The van der Waals surface area contributed by atoms with Crippen LogP contribution in [0.25, 0.3) is 123 Å². The van der Waals surface area contributed by atoms with Crippen LogP contribution < -0.4 is 0 Å². The van der Waals surface area contributed by atoms with Crippen LogP contribution in [-0.4, -0.2) is 24.1 Å². The zero-order valence-corrected chi connectivity index (χ0v) is 36.9. The van der Waals surface area contributed by atoms with E-state index >= 15 is 0 Å². The summed E-state index contributed by atoms with van der Waals surface area (Å²) in [6, 6.07) is 88.3. The molecule has 0 radical (unpaired) electrons. The quantitative estimate of drug-likeness (QED) is 0.153. The number of nitrogens with zero attached hydrogens (tertiary/aromatic N) is 5. The average Bonchev–Trinajstić information content (AvgIpc) is 3.94. The van der Waals surface area contributed by atoms with E-state index in [4.69, 9.17) is 15.0 Å². The minimum atomic E-state index is 0.632. The lowest BCUT2D eigenvalue weighted by atomic mass is 9.97. The van der Waals surface area contributed by atoms with E-state index in [9.17, 15) is 0 Å². The summed E-state index contributed by atoms with van der Waals surface area (Å²) in [4.78, 5) is 15.0. The molecule has 0 aliphatic carbocycles. The molecule has 13 aromatic rings. The van der Waals surface area contributed by atoms with Crippen molar-refractivity contribution in [3.05, 3.63) is 249 Å². The molecule has 13 rings (SSSR count). The van der Waals surface area contributed by atoms with Gasteiger partial charge >= 0.3 is 0 Å². The van der Waals surface area contributed by atoms with Crippen LogP contribution >= 0.6 is 0 Å². The second-order valence-corrected chi connectivity index (χ2v) is 17.2. The highest BCUT2D eigenvalue weighted by atomic mass is 15.0. The Morgan fingerprint density at radius 2 is 0.735 bits per heavy atom. The van der Waals surface area contributed by atoms with Gasteiger partial charge in [-0.25, -0.2) is 15.0 Å². The molecule has 0 aliphatic rings. The summed E-state index contributed by atoms with van der Waals surface area (Å²) < 4.78 is 4.82. The van der Waals surface area contributed by atoms with Gasteiger partial charge in [-0.3, -0.25) is 0 Å². The SMILES string of the molecule is c1ccc(-c2nc(-c3ccccc3)nc(-c3cccc(-c4cccc5c4c4ccccc4n5-c4ccc(-c5ccc6c(c5)c5ccccc5n6-c5ccccc5-c5ccccc5)cc4)c3)n2)cc1. The van der Waals surface area contributed by atoms with Gasteiger partial charge < -0.3 is 9.13 Å². The Morgan fingerprint density at radius 1 is 0.250 bits per heavy atom. The Bertz CT molecular complexity index is 3940. The van der Waals surface area contributed by atoms with E-state index in [1.54, 1.807) is 0 Å². The molecule has 5 nitrogen and oxygen atoms in total. The van der Waals surface area contributed by atoms with Gasteiger partial charge in [-0.1, -0.05) is 194 Å². The summed E-state index contributed by atoms with van der Waals surface area (Å²) in [5.74, 6) is 1.92. The maximum absolute atomic E-state index is 5.05. The lowest BCUT2D eigenvalue weighted by molar-refractivity contribution is 1.07. The van der Waals surface area contributed by atoms with Gasteiger partial charge in [0.05, 0.1) is 27.8 Å². The van der Waals surface area contributed by atoms with E-state index in [0.29, 0.717) is 17.5 Å². The second kappa shape index (κ2) is 16.4. The fraction of sp³-hybridized carbons (Fsp3) is 0. The number of rotatable bonds is 8. The van der Waals surface area contributed by atoms with Crippen molar-refractivity contribution in [2.45, 2.75) is 0 Å². The zero-order valence-electron chi connectivity index (χ0n) is 36.9. The highest BCUT2D eigenvalue weighted by molar-refractivity contribution is 6.16. The minimum Gasteiger partial charge on any atom is -0.309 e. The van der Waals surface area contributed by atoms with E-state index < -0.39 is 0 Å². The molecule has 0 spiro atoms. The number of benzene rings is 10. The smallest absolute Gasteiger partial charge is 0.164 e. The molecular weight excluding hydrogens is 827 g/mol. The molecule has 0 aliphatic heterocycles. The summed E-state index contributed by atoms with van der Waals surface area (Å²) in [7, 11) is 0. The number of hydrogen-bond acceptors (Lipinski definition) is 3. The summed E-state index contributed by atoms with van der Waals surface area (Å²) in [6.45, 7) is 0. The topological polar surface area (TPSA) is 48.5 Å². The summed E-state index contributed by atoms with van der Waals surface area (Å²) in [6.07, 6.45) is 0. The van der Waals surface area contributed by atoms with Gasteiger partial charge in [-0.2, -0.15) is 0 Å². The van der Waals surface area contributed by atoms with Crippen molar-refractivity contribution in [2.24, 2.45) is 0 Å². The van der Waals surface area contributed by atoms with Crippen molar-refractivity contribution in [1.82, 2.24) is 24.1 Å². The molecule has 0 saturated heterocycles. The molecule has 0 fully saturated rings. The van der Waals surface area contributed by atoms with Crippen LogP contribution in [0.5, 0.6) is 0 Å². The first kappa shape index (κ1) is 39.2. The van der Waals surface area contributed by atoms with Gasteiger partial charge in [0.25, 0.3) is 0 Å². The highest BCUT2D eigenvalue weighted by Gasteiger charge is 2.20. The first-order valence-electron chi connectivity index (χ1n) is 23.0. The molecule has 318 valence electrons. The molecule has 68 heavy (non-hydrogen) atoms. The van der Waals surface area contributed by atoms with Crippen LogP contribution in [0.4, 0.5) is 0 Å². The molecular formula is C63H41N5. The third kappa shape index (κ3) is 6.68. The predicted octanol–water partition coefficient (Wildman–Crippen LogP) is 16.1. The molecule has 0 N–H and O–H groups in total. The van der Waals surface area contributed by atoms with Crippen LogP contribution in [0.15, 0.2) is 249 Å². The van der Waals surface area contributed by atoms with Crippen molar-refractivity contribution in [3.63, 3.8) is 0 Å². The van der Waals surface area contributed by atoms with Crippen LogP contribution in [0.3, 0.4) is 0 Å². The number of aromatic nitrogens is 5. The normalized spacial score (nSPS) is 11.5. The molecule has 3 aromatic heterocycles. The van der Waals surface area contributed by atoms with E-state index in [1.165, 1.54) is 60.5 Å². The van der Waals surface area contributed by atoms with Gasteiger partial charge in [-0.15, -0.1) is 0 Å². The fourth-order valence-corrected chi connectivity index (χ4v) is 10.0. The van der Waals surface area contributed by atoms with E-state index in [2.05, 4.69) is 197 Å². The van der Waals surface area contributed by atoms with E-state index in [-0.39, 0.29) is 0 Å². The molecule has 3 heterocycles.